The van der Waals surface area contributed by atoms with Gasteiger partial charge in [0, 0.05) is 13.6 Å². The second kappa shape index (κ2) is 4.99. The molecule has 18 heavy (non-hydrogen) atoms. The maximum atomic E-state index is 12.1. The first kappa shape index (κ1) is 13.5. The third-order valence-electron chi connectivity index (χ3n) is 3.79. The highest BCUT2D eigenvalue weighted by atomic mass is 32.2. The molecule has 1 aromatic rings. The van der Waals surface area contributed by atoms with E-state index in [1.54, 1.807) is 7.05 Å². The van der Waals surface area contributed by atoms with E-state index in [9.17, 15) is 8.42 Å². The standard InChI is InChI=1S/C11H20N4O2S/c1-15-10(4-7-13-15)18(16,17)14-9-11(8-12)5-2-3-6-11/h4,7,14H,2-3,5-6,8-9,12H2,1H3. The fourth-order valence-electron chi connectivity index (χ4n) is 2.53. The lowest BCUT2D eigenvalue weighted by atomic mass is 9.87. The molecular formula is C11H20N4O2S. The number of aryl methyl sites for hydroxylation is 1. The van der Waals surface area contributed by atoms with Crippen LogP contribution in [0.15, 0.2) is 17.3 Å². The Morgan fingerprint density at radius 2 is 2.17 bits per heavy atom. The molecule has 102 valence electrons. The van der Waals surface area contributed by atoms with Crippen molar-refractivity contribution in [1.29, 1.82) is 0 Å². The third-order valence-corrected chi connectivity index (χ3v) is 5.26. The van der Waals surface area contributed by atoms with Crippen LogP contribution in [0.1, 0.15) is 25.7 Å². The number of hydrogen-bond donors (Lipinski definition) is 2. The number of nitrogens with one attached hydrogen (secondary N) is 1. The molecule has 3 N–H and O–H groups in total. The molecule has 1 saturated carbocycles. The van der Waals surface area contributed by atoms with Crippen LogP contribution in [0.3, 0.4) is 0 Å². The molecule has 1 fully saturated rings. The van der Waals surface area contributed by atoms with Crippen molar-refractivity contribution >= 4 is 10.0 Å². The number of sulfonamides is 1. The first-order valence-corrected chi connectivity index (χ1v) is 7.65. The van der Waals surface area contributed by atoms with Gasteiger partial charge in [-0.2, -0.15) is 5.10 Å². The molecule has 0 aromatic carbocycles. The lowest BCUT2D eigenvalue weighted by Crippen LogP contribution is -2.41. The van der Waals surface area contributed by atoms with Gasteiger partial charge in [0.2, 0.25) is 0 Å². The molecular weight excluding hydrogens is 252 g/mol. The van der Waals surface area contributed by atoms with Crippen molar-refractivity contribution in [1.82, 2.24) is 14.5 Å². The first-order valence-electron chi connectivity index (χ1n) is 6.17. The molecule has 0 radical (unpaired) electrons. The molecule has 0 unspecified atom stereocenters. The zero-order valence-corrected chi connectivity index (χ0v) is 11.4. The average molecular weight is 272 g/mol. The summed E-state index contributed by atoms with van der Waals surface area (Å²) in [7, 11) is -1.87. The van der Waals surface area contributed by atoms with Gasteiger partial charge in [0.25, 0.3) is 10.0 Å². The molecule has 7 heteroatoms. The average Bonchev–Trinajstić information content (AvgIpc) is 2.96. The summed E-state index contributed by atoms with van der Waals surface area (Å²) in [6.45, 7) is 0.942. The third kappa shape index (κ3) is 2.57. The molecule has 0 aliphatic heterocycles. The topological polar surface area (TPSA) is 90.0 Å². The molecule has 1 aliphatic carbocycles. The maximum Gasteiger partial charge on any atom is 0.257 e. The largest absolute Gasteiger partial charge is 0.330 e. The van der Waals surface area contributed by atoms with E-state index in [1.165, 1.54) is 16.9 Å². The predicted octanol–water partition coefficient (Wildman–Crippen LogP) is 0.218. The fraction of sp³-hybridized carbons (Fsp3) is 0.727. The summed E-state index contributed by atoms with van der Waals surface area (Å²) >= 11 is 0. The zero-order chi connectivity index (χ0) is 13.2. The predicted molar refractivity (Wildman–Crippen MR) is 68.4 cm³/mol. The van der Waals surface area contributed by atoms with E-state index >= 15 is 0 Å². The Morgan fingerprint density at radius 1 is 1.50 bits per heavy atom. The Hall–Kier alpha value is -0.920. The van der Waals surface area contributed by atoms with E-state index < -0.39 is 10.0 Å². The van der Waals surface area contributed by atoms with Gasteiger partial charge in [-0.3, -0.25) is 4.68 Å². The minimum Gasteiger partial charge on any atom is -0.330 e. The van der Waals surface area contributed by atoms with Crippen molar-refractivity contribution in [2.45, 2.75) is 30.7 Å². The highest BCUT2D eigenvalue weighted by molar-refractivity contribution is 7.89. The van der Waals surface area contributed by atoms with Crippen molar-refractivity contribution in [2.24, 2.45) is 18.2 Å². The molecule has 0 saturated heterocycles. The van der Waals surface area contributed by atoms with Crippen molar-refractivity contribution in [3.05, 3.63) is 12.3 Å². The summed E-state index contributed by atoms with van der Waals surface area (Å²) < 4.78 is 28.3. The minimum atomic E-state index is -3.49. The van der Waals surface area contributed by atoms with Crippen LogP contribution in [0.5, 0.6) is 0 Å². The molecule has 0 spiro atoms. The second-order valence-corrected chi connectivity index (χ2v) is 6.74. The molecule has 2 rings (SSSR count). The Bertz CT molecular complexity index is 503. The van der Waals surface area contributed by atoms with E-state index in [1.807, 2.05) is 0 Å². The van der Waals surface area contributed by atoms with Gasteiger partial charge < -0.3 is 5.73 Å². The van der Waals surface area contributed by atoms with Gasteiger partial charge in [0.1, 0.15) is 0 Å². The van der Waals surface area contributed by atoms with E-state index in [0.29, 0.717) is 13.1 Å². The monoisotopic (exact) mass is 272 g/mol. The van der Waals surface area contributed by atoms with Crippen molar-refractivity contribution in [2.75, 3.05) is 13.1 Å². The van der Waals surface area contributed by atoms with Crippen LogP contribution in [0.4, 0.5) is 0 Å². The van der Waals surface area contributed by atoms with Crippen LogP contribution in [0.25, 0.3) is 0 Å². The Morgan fingerprint density at radius 3 is 2.67 bits per heavy atom. The Labute approximate surface area is 108 Å². The van der Waals surface area contributed by atoms with E-state index in [4.69, 9.17) is 5.73 Å². The zero-order valence-electron chi connectivity index (χ0n) is 10.6. The van der Waals surface area contributed by atoms with Crippen LogP contribution >= 0.6 is 0 Å². The van der Waals surface area contributed by atoms with E-state index in [2.05, 4.69) is 9.82 Å². The van der Waals surface area contributed by atoms with Crippen molar-refractivity contribution < 1.29 is 8.42 Å². The Balaban J connectivity index is 2.08. The van der Waals surface area contributed by atoms with Gasteiger partial charge in [-0.25, -0.2) is 13.1 Å². The molecule has 1 aliphatic rings. The summed E-state index contributed by atoms with van der Waals surface area (Å²) in [6.07, 6.45) is 5.73. The van der Waals surface area contributed by atoms with E-state index in [-0.39, 0.29) is 10.4 Å². The summed E-state index contributed by atoms with van der Waals surface area (Å²) in [4.78, 5) is 0. The number of aromatic nitrogens is 2. The SMILES string of the molecule is Cn1nccc1S(=O)(=O)NCC1(CN)CCCC1. The van der Waals surface area contributed by atoms with Gasteiger partial charge in [-0.1, -0.05) is 12.8 Å². The smallest absolute Gasteiger partial charge is 0.257 e. The number of rotatable bonds is 5. The number of hydrogen-bond acceptors (Lipinski definition) is 4. The molecule has 6 nitrogen and oxygen atoms in total. The number of nitrogens with zero attached hydrogens (tertiary/aromatic N) is 2. The van der Waals surface area contributed by atoms with Crippen LogP contribution in [-0.4, -0.2) is 31.3 Å². The summed E-state index contributed by atoms with van der Waals surface area (Å²) in [5.41, 5.74) is 5.73. The highest BCUT2D eigenvalue weighted by Crippen LogP contribution is 2.36. The van der Waals surface area contributed by atoms with Gasteiger partial charge in [0.05, 0.1) is 6.20 Å². The molecule has 0 amide bonds. The van der Waals surface area contributed by atoms with Crippen molar-refractivity contribution in [3.8, 4) is 0 Å². The molecule has 1 aromatic heterocycles. The van der Waals surface area contributed by atoms with Crippen LogP contribution in [0.2, 0.25) is 0 Å². The molecule has 1 heterocycles. The van der Waals surface area contributed by atoms with Crippen LogP contribution in [0, 0.1) is 5.41 Å². The Kier molecular flexibility index (Phi) is 3.74. The van der Waals surface area contributed by atoms with Gasteiger partial charge >= 0.3 is 0 Å². The number of nitrogens with two attached hydrogens (primary N) is 1. The first-order chi connectivity index (χ1) is 8.49. The fourth-order valence-corrected chi connectivity index (χ4v) is 3.80. The lowest BCUT2D eigenvalue weighted by Gasteiger charge is -2.27. The van der Waals surface area contributed by atoms with Crippen molar-refractivity contribution in [3.63, 3.8) is 0 Å². The van der Waals surface area contributed by atoms with Crippen LogP contribution < -0.4 is 10.5 Å². The van der Waals surface area contributed by atoms with Gasteiger partial charge in [0.15, 0.2) is 5.03 Å². The summed E-state index contributed by atoms with van der Waals surface area (Å²) in [5, 5.41) is 4.06. The van der Waals surface area contributed by atoms with Gasteiger partial charge in [-0.15, -0.1) is 0 Å². The molecule has 0 bridgehead atoms. The normalized spacial score (nSPS) is 19.2. The van der Waals surface area contributed by atoms with Crippen LogP contribution in [-0.2, 0) is 17.1 Å². The lowest BCUT2D eigenvalue weighted by molar-refractivity contribution is 0.309. The minimum absolute atomic E-state index is 0.0638. The highest BCUT2D eigenvalue weighted by Gasteiger charge is 2.34. The molecule has 0 atom stereocenters. The maximum absolute atomic E-state index is 12.1. The quantitative estimate of drug-likeness (QED) is 0.802. The van der Waals surface area contributed by atoms with E-state index in [0.717, 1.165) is 25.7 Å². The second-order valence-electron chi connectivity index (χ2n) is 5.03. The summed E-state index contributed by atoms with van der Waals surface area (Å²) in [5.74, 6) is 0. The summed E-state index contributed by atoms with van der Waals surface area (Å²) in [6, 6.07) is 1.49. The van der Waals surface area contributed by atoms with Gasteiger partial charge in [-0.05, 0) is 30.9 Å².